The molecular formula is C23H20N4O5S2. The molecule has 9 nitrogen and oxygen atoms in total. The average molecular weight is 497 g/mol. The molecule has 1 aromatic heterocycles. The molecule has 0 fully saturated rings. The molecule has 0 aliphatic rings. The minimum absolute atomic E-state index is 0.133. The van der Waals surface area contributed by atoms with E-state index in [1.807, 2.05) is 12.3 Å². The summed E-state index contributed by atoms with van der Waals surface area (Å²) in [6.45, 7) is 2.11. The van der Waals surface area contributed by atoms with E-state index >= 15 is 0 Å². The van der Waals surface area contributed by atoms with Gasteiger partial charge in [-0.3, -0.25) is 10.1 Å². The van der Waals surface area contributed by atoms with Crippen molar-refractivity contribution in [2.75, 3.05) is 25.3 Å². The number of hydrogen-bond donors (Lipinski definition) is 1. The van der Waals surface area contributed by atoms with Crippen LogP contribution in [0.4, 0.5) is 5.13 Å². The van der Waals surface area contributed by atoms with Gasteiger partial charge in [-0.05, 0) is 61.2 Å². The number of methoxy groups -OCH3 is 1. The lowest BCUT2D eigenvalue weighted by molar-refractivity contribution is -0.112. The molecule has 3 aromatic rings. The van der Waals surface area contributed by atoms with E-state index in [4.69, 9.17) is 14.2 Å². The van der Waals surface area contributed by atoms with Gasteiger partial charge in [0.25, 0.3) is 5.91 Å². The molecule has 0 unspecified atom stereocenters. The minimum atomic E-state index is -0.612. The van der Waals surface area contributed by atoms with Crippen molar-refractivity contribution in [1.29, 1.82) is 5.26 Å². The number of thioether (sulfide) groups is 1. The zero-order chi connectivity index (χ0) is 24.5. The van der Waals surface area contributed by atoms with Gasteiger partial charge in [-0.1, -0.05) is 17.8 Å². The first-order valence-electron chi connectivity index (χ1n) is 9.91. The fourth-order valence-corrected chi connectivity index (χ4v) is 3.80. The van der Waals surface area contributed by atoms with Crippen molar-refractivity contribution in [3.05, 3.63) is 59.2 Å². The van der Waals surface area contributed by atoms with Crippen LogP contribution in [0, 0.1) is 11.3 Å². The first kappa shape index (κ1) is 24.8. The second-order valence-corrected chi connectivity index (χ2v) is 7.99. The lowest BCUT2D eigenvalue weighted by Gasteiger charge is -2.12. The third kappa shape index (κ3) is 6.34. The molecule has 3 rings (SSSR count). The van der Waals surface area contributed by atoms with E-state index in [1.54, 1.807) is 49.4 Å². The van der Waals surface area contributed by atoms with Gasteiger partial charge in [0.15, 0.2) is 11.5 Å². The standard InChI is InChI=1S/C23H20N4O5S2/c1-4-31-19-12-14(11-16(13-24)20(28)25-22-26-23(33-3)27-34-22)5-10-18(19)32-21(29)15-6-8-17(30-2)9-7-15/h5-12H,4H2,1-3H3,(H,25,26,27,28). The average Bonchev–Trinajstić information content (AvgIpc) is 3.31. The molecule has 34 heavy (non-hydrogen) atoms. The fraction of sp³-hybridized carbons (Fsp3) is 0.174. The van der Waals surface area contributed by atoms with Crippen molar-refractivity contribution in [2.24, 2.45) is 0 Å². The molecule has 1 heterocycles. The SMILES string of the molecule is CCOc1cc(C=C(C#N)C(=O)Nc2nc(SC)ns2)ccc1OC(=O)c1ccc(OC)cc1. The van der Waals surface area contributed by atoms with Gasteiger partial charge in [0.1, 0.15) is 17.4 Å². The summed E-state index contributed by atoms with van der Waals surface area (Å²) >= 11 is 2.37. The summed E-state index contributed by atoms with van der Waals surface area (Å²) in [6.07, 6.45) is 3.23. The highest BCUT2D eigenvalue weighted by molar-refractivity contribution is 7.98. The van der Waals surface area contributed by atoms with Crippen LogP contribution in [0.3, 0.4) is 0 Å². The number of aromatic nitrogens is 2. The lowest BCUT2D eigenvalue weighted by atomic mass is 10.1. The van der Waals surface area contributed by atoms with Crippen molar-refractivity contribution in [1.82, 2.24) is 9.36 Å². The van der Waals surface area contributed by atoms with Crippen LogP contribution in [0.2, 0.25) is 0 Å². The lowest BCUT2D eigenvalue weighted by Crippen LogP contribution is -2.13. The van der Waals surface area contributed by atoms with E-state index < -0.39 is 11.9 Å². The van der Waals surface area contributed by atoms with E-state index in [1.165, 1.54) is 24.9 Å². The molecule has 1 amide bonds. The van der Waals surface area contributed by atoms with Gasteiger partial charge < -0.3 is 14.2 Å². The fourth-order valence-electron chi connectivity index (χ4n) is 2.68. The number of amides is 1. The number of hydrogen-bond acceptors (Lipinski definition) is 10. The zero-order valence-corrected chi connectivity index (χ0v) is 20.2. The number of nitrogens with zero attached hydrogens (tertiary/aromatic N) is 3. The summed E-state index contributed by atoms with van der Waals surface area (Å²) in [5.41, 5.74) is 0.727. The molecular weight excluding hydrogens is 476 g/mol. The molecule has 0 aliphatic heterocycles. The monoisotopic (exact) mass is 496 g/mol. The molecule has 0 bridgehead atoms. The highest BCUT2D eigenvalue weighted by Gasteiger charge is 2.16. The first-order chi connectivity index (χ1) is 16.5. The molecule has 2 aromatic carbocycles. The molecule has 0 radical (unpaired) electrons. The zero-order valence-electron chi connectivity index (χ0n) is 18.5. The van der Waals surface area contributed by atoms with Crippen molar-refractivity contribution in [3.8, 4) is 23.3 Å². The number of anilines is 1. The first-order valence-corrected chi connectivity index (χ1v) is 11.9. The topological polar surface area (TPSA) is 123 Å². The molecule has 174 valence electrons. The Hall–Kier alpha value is -3.88. The van der Waals surface area contributed by atoms with Gasteiger partial charge in [0.05, 0.1) is 19.3 Å². The molecule has 0 spiro atoms. The summed E-state index contributed by atoms with van der Waals surface area (Å²) in [5.74, 6) is -0.0495. The van der Waals surface area contributed by atoms with E-state index in [0.717, 1.165) is 11.5 Å². The Balaban J connectivity index is 1.79. The number of carbonyl (C=O) groups excluding carboxylic acids is 2. The normalized spacial score (nSPS) is 10.8. The van der Waals surface area contributed by atoms with Crippen LogP contribution in [0.25, 0.3) is 6.08 Å². The van der Waals surface area contributed by atoms with E-state index in [-0.39, 0.29) is 11.3 Å². The van der Waals surface area contributed by atoms with Gasteiger partial charge in [0, 0.05) is 11.5 Å². The predicted molar refractivity (Wildman–Crippen MR) is 129 cm³/mol. The number of rotatable bonds is 9. The Bertz CT molecular complexity index is 1250. The summed E-state index contributed by atoms with van der Waals surface area (Å²) in [6, 6.07) is 13.1. The van der Waals surface area contributed by atoms with Gasteiger partial charge >= 0.3 is 5.97 Å². The van der Waals surface area contributed by atoms with Crippen LogP contribution in [0.1, 0.15) is 22.8 Å². The van der Waals surface area contributed by atoms with Gasteiger partial charge in [-0.25, -0.2) is 4.79 Å². The number of nitrogens with one attached hydrogen (secondary N) is 1. The van der Waals surface area contributed by atoms with E-state index in [2.05, 4.69) is 14.7 Å². The highest BCUT2D eigenvalue weighted by atomic mass is 32.2. The number of esters is 1. The van der Waals surface area contributed by atoms with Crippen LogP contribution in [0.15, 0.2) is 53.2 Å². The Kier molecular flexibility index (Phi) is 8.61. The van der Waals surface area contributed by atoms with Crippen LogP contribution in [-0.2, 0) is 4.79 Å². The molecule has 0 saturated heterocycles. The number of carbonyl (C=O) groups is 2. The van der Waals surface area contributed by atoms with Crippen LogP contribution in [-0.4, -0.2) is 41.2 Å². The summed E-state index contributed by atoms with van der Waals surface area (Å²) < 4.78 is 20.3. The second kappa shape index (κ2) is 11.8. The molecule has 0 saturated carbocycles. The predicted octanol–water partition coefficient (Wildman–Crippen LogP) is 4.43. The Labute approximate surface area is 204 Å². The number of benzene rings is 2. The number of nitriles is 1. The minimum Gasteiger partial charge on any atom is -0.497 e. The molecule has 0 atom stereocenters. The number of ether oxygens (including phenoxy) is 3. The highest BCUT2D eigenvalue weighted by Crippen LogP contribution is 2.30. The van der Waals surface area contributed by atoms with Crippen molar-refractivity contribution in [2.45, 2.75) is 12.1 Å². The van der Waals surface area contributed by atoms with Gasteiger partial charge in [0.2, 0.25) is 10.3 Å². The van der Waals surface area contributed by atoms with Crippen LogP contribution < -0.4 is 19.5 Å². The smallest absolute Gasteiger partial charge is 0.343 e. The van der Waals surface area contributed by atoms with E-state index in [0.29, 0.717) is 39.5 Å². The van der Waals surface area contributed by atoms with Gasteiger partial charge in [-0.15, -0.1) is 0 Å². The maximum atomic E-state index is 12.5. The molecule has 1 N–H and O–H groups in total. The van der Waals surface area contributed by atoms with Gasteiger partial charge in [-0.2, -0.15) is 14.6 Å². The summed E-state index contributed by atoms with van der Waals surface area (Å²) in [4.78, 5) is 29.2. The molecule has 0 aliphatic carbocycles. The maximum absolute atomic E-state index is 12.5. The van der Waals surface area contributed by atoms with Crippen molar-refractivity contribution in [3.63, 3.8) is 0 Å². The van der Waals surface area contributed by atoms with Crippen LogP contribution in [0.5, 0.6) is 17.2 Å². The van der Waals surface area contributed by atoms with E-state index in [9.17, 15) is 14.9 Å². The summed E-state index contributed by atoms with van der Waals surface area (Å²) in [5, 5.41) is 12.9. The largest absolute Gasteiger partial charge is 0.497 e. The Morgan fingerprint density at radius 2 is 1.97 bits per heavy atom. The molecule has 11 heteroatoms. The van der Waals surface area contributed by atoms with Crippen LogP contribution >= 0.6 is 23.3 Å². The van der Waals surface area contributed by atoms with Crippen molar-refractivity contribution >= 4 is 46.4 Å². The Morgan fingerprint density at radius 3 is 2.59 bits per heavy atom. The quantitative estimate of drug-likeness (QED) is 0.151. The maximum Gasteiger partial charge on any atom is 0.343 e. The Morgan fingerprint density at radius 1 is 1.21 bits per heavy atom. The van der Waals surface area contributed by atoms with Crippen molar-refractivity contribution < 1.29 is 23.8 Å². The summed E-state index contributed by atoms with van der Waals surface area (Å²) in [7, 11) is 1.54. The third-order valence-electron chi connectivity index (χ3n) is 4.28. The third-order valence-corrected chi connectivity index (χ3v) is 5.58. The second-order valence-electron chi connectivity index (χ2n) is 6.47.